The molecule has 138 valence electrons. The van der Waals surface area contributed by atoms with Crippen molar-refractivity contribution < 1.29 is 24.2 Å². The number of hydrogen-bond acceptors (Lipinski definition) is 5. The molecule has 7 nitrogen and oxygen atoms in total. The van der Waals surface area contributed by atoms with Gasteiger partial charge >= 0.3 is 0 Å². The van der Waals surface area contributed by atoms with Crippen LogP contribution in [0.5, 0.6) is 5.75 Å². The molecule has 0 aromatic heterocycles. The number of nitrogens with zero attached hydrogens (tertiary/aromatic N) is 1. The van der Waals surface area contributed by atoms with Crippen LogP contribution in [0.25, 0.3) is 0 Å². The van der Waals surface area contributed by atoms with Gasteiger partial charge in [0.2, 0.25) is 17.6 Å². The van der Waals surface area contributed by atoms with Crippen molar-refractivity contribution in [2.24, 2.45) is 0 Å². The van der Waals surface area contributed by atoms with Gasteiger partial charge in [-0.2, -0.15) is 0 Å². The molecule has 0 bridgehead atoms. The van der Waals surface area contributed by atoms with E-state index in [4.69, 9.17) is 4.74 Å². The van der Waals surface area contributed by atoms with E-state index in [1.807, 2.05) is 6.92 Å². The number of benzene rings is 1. The Morgan fingerprint density at radius 3 is 2.85 bits per heavy atom. The molecule has 0 aliphatic carbocycles. The standard InChI is InChI=1S/C19H22N2O5/c1-3-4-10-19(2,25)26-15-7-5-6-12-13(15)11-21(18(12)24)14-8-9-16(22)20-17(14)23/h4-7,10,14,25H,3,8-9,11H2,1-2H3,(H,20,22,23)/b10-4-. The molecule has 2 N–H and O–H groups in total. The number of fused-ring (bicyclic) bond motifs is 1. The smallest absolute Gasteiger partial charge is 0.255 e. The molecule has 2 aliphatic heterocycles. The van der Waals surface area contributed by atoms with E-state index in [1.165, 1.54) is 11.8 Å². The van der Waals surface area contributed by atoms with E-state index in [1.54, 1.807) is 30.4 Å². The van der Waals surface area contributed by atoms with Crippen molar-refractivity contribution in [2.75, 3.05) is 0 Å². The highest BCUT2D eigenvalue weighted by Gasteiger charge is 2.40. The number of hydrogen-bond donors (Lipinski definition) is 2. The van der Waals surface area contributed by atoms with Crippen LogP contribution < -0.4 is 10.1 Å². The van der Waals surface area contributed by atoms with Crippen LogP contribution in [0.4, 0.5) is 0 Å². The number of imide groups is 1. The fourth-order valence-electron chi connectivity index (χ4n) is 3.25. The van der Waals surface area contributed by atoms with Crippen molar-refractivity contribution in [3.05, 3.63) is 41.5 Å². The normalized spacial score (nSPS) is 22.3. The lowest BCUT2D eigenvalue weighted by molar-refractivity contribution is -0.137. The van der Waals surface area contributed by atoms with Gasteiger partial charge in [0.05, 0.1) is 6.54 Å². The zero-order chi connectivity index (χ0) is 18.9. The van der Waals surface area contributed by atoms with Gasteiger partial charge < -0.3 is 14.7 Å². The summed E-state index contributed by atoms with van der Waals surface area (Å²) in [5.74, 6) is -2.16. The van der Waals surface area contributed by atoms with Gasteiger partial charge in [-0.25, -0.2) is 0 Å². The molecule has 26 heavy (non-hydrogen) atoms. The second kappa shape index (κ2) is 6.92. The maximum atomic E-state index is 12.7. The number of nitrogens with one attached hydrogen (secondary N) is 1. The van der Waals surface area contributed by atoms with Crippen LogP contribution in [0.2, 0.25) is 0 Å². The zero-order valence-electron chi connectivity index (χ0n) is 14.8. The van der Waals surface area contributed by atoms with Gasteiger partial charge in [0, 0.05) is 24.5 Å². The minimum Gasteiger partial charge on any atom is -0.459 e. The highest BCUT2D eigenvalue weighted by molar-refractivity contribution is 6.05. The van der Waals surface area contributed by atoms with Crippen LogP contribution in [-0.2, 0) is 16.1 Å². The van der Waals surface area contributed by atoms with Crippen LogP contribution in [0.15, 0.2) is 30.4 Å². The summed E-state index contributed by atoms with van der Waals surface area (Å²) in [6.07, 6.45) is 4.62. The Labute approximate surface area is 151 Å². The SMILES string of the molecule is CC/C=C\C(C)(O)Oc1cccc2c1CN(C1CCC(=O)NC1=O)C2=O. The predicted octanol–water partition coefficient (Wildman–Crippen LogP) is 1.50. The average molecular weight is 358 g/mol. The number of carbonyl (C=O) groups is 3. The van der Waals surface area contributed by atoms with E-state index in [-0.39, 0.29) is 24.8 Å². The first-order valence-corrected chi connectivity index (χ1v) is 8.68. The maximum absolute atomic E-state index is 12.7. The molecule has 1 aromatic carbocycles. The average Bonchev–Trinajstić information content (AvgIpc) is 2.91. The molecule has 2 heterocycles. The molecule has 7 heteroatoms. The van der Waals surface area contributed by atoms with Crippen LogP contribution in [0.1, 0.15) is 49.0 Å². The van der Waals surface area contributed by atoms with E-state index < -0.39 is 17.7 Å². The molecule has 2 atom stereocenters. The highest BCUT2D eigenvalue weighted by atomic mass is 16.6. The summed E-state index contributed by atoms with van der Waals surface area (Å²) in [5, 5.41) is 12.7. The lowest BCUT2D eigenvalue weighted by Crippen LogP contribution is -2.52. The minimum atomic E-state index is -1.50. The summed E-state index contributed by atoms with van der Waals surface area (Å²) in [4.78, 5) is 37.7. The van der Waals surface area contributed by atoms with Gasteiger partial charge in [-0.1, -0.05) is 19.1 Å². The first kappa shape index (κ1) is 18.1. The summed E-state index contributed by atoms with van der Waals surface area (Å²) in [5.41, 5.74) is 1.08. The molecule has 1 aromatic rings. The highest BCUT2D eigenvalue weighted by Crippen LogP contribution is 2.35. The Morgan fingerprint density at radius 2 is 2.15 bits per heavy atom. The maximum Gasteiger partial charge on any atom is 0.255 e. The van der Waals surface area contributed by atoms with Gasteiger partial charge in [0.1, 0.15) is 11.8 Å². The summed E-state index contributed by atoms with van der Waals surface area (Å²) >= 11 is 0. The Balaban J connectivity index is 1.85. The Bertz CT molecular complexity index is 784. The zero-order valence-corrected chi connectivity index (χ0v) is 14.8. The number of carbonyl (C=O) groups excluding carboxylic acids is 3. The summed E-state index contributed by atoms with van der Waals surface area (Å²) < 4.78 is 5.71. The largest absolute Gasteiger partial charge is 0.459 e. The lowest BCUT2D eigenvalue weighted by Gasteiger charge is -2.29. The number of piperidine rings is 1. The van der Waals surface area contributed by atoms with Gasteiger partial charge in [0.15, 0.2) is 0 Å². The van der Waals surface area contributed by atoms with Crippen LogP contribution in [0.3, 0.4) is 0 Å². The monoisotopic (exact) mass is 358 g/mol. The summed E-state index contributed by atoms with van der Waals surface area (Å²) in [6, 6.07) is 4.36. The van der Waals surface area contributed by atoms with Crippen LogP contribution in [0, 0.1) is 0 Å². The number of amides is 3. The van der Waals surface area contributed by atoms with E-state index in [9.17, 15) is 19.5 Å². The van der Waals surface area contributed by atoms with Gasteiger partial charge in [-0.3, -0.25) is 19.7 Å². The fourth-order valence-corrected chi connectivity index (χ4v) is 3.25. The number of aliphatic hydroxyl groups is 1. The fraction of sp³-hybridized carbons (Fsp3) is 0.421. The summed E-state index contributed by atoms with van der Waals surface area (Å²) in [6.45, 7) is 3.67. The van der Waals surface area contributed by atoms with Gasteiger partial charge in [-0.15, -0.1) is 0 Å². The third-order valence-electron chi connectivity index (χ3n) is 4.52. The summed E-state index contributed by atoms with van der Waals surface area (Å²) in [7, 11) is 0. The number of ether oxygens (including phenoxy) is 1. The van der Waals surface area contributed by atoms with Crippen LogP contribution >= 0.6 is 0 Å². The van der Waals surface area contributed by atoms with Crippen molar-refractivity contribution in [1.82, 2.24) is 10.2 Å². The Kier molecular flexibility index (Phi) is 4.82. The predicted molar refractivity (Wildman–Crippen MR) is 93.2 cm³/mol. The molecule has 1 fully saturated rings. The topological polar surface area (TPSA) is 95.9 Å². The molecule has 0 spiro atoms. The quantitative estimate of drug-likeness (QED) is 0.472. The number of rotatable bonds is 5. The third-order valence-corrected chi connectivity index (χ3v) is 4.52. The van der Waals surface area contributed by atoms with Crippen molar-refractivity contribution in [1.29, 1.82) is 0 Å². The minimum absolute atomic E-state index is 0.199. The Morgan fingerprint density at radius 1 is 1.38 bits per heavy atom. The van der Waals surface area contributed by atoms with Crippen molar-refractivity contribution >= 4 is 17.7 Å². The molecule has 2 unspecified atom stereocenters. The van der Waals surface area contributed by atoms with Gasteiger partial charge in [0.25, 0.3) is 5.91 Å². The van der Waals surface area contributed by atoms with Crippen LogP contribution in [-0.4, -0.2) is 39.6 Å². The van der Waals surface area contributed by atoms with E-state index in [0.717, 1.165) is 6.42 Å². The molecule has 3 rings (SSSR count). The Hall–Kier alpha value is -2.67. The lowest BCUT2D eigenvalue weighted by atomic mass is 10.0. The molecule has 1 saturated heterocycles. The van der Waals surface area contributed by atoms with Crippen molar-refractivity contribution in [2.45, 2.75) is 51.5 Å². The van der Waals surface area contributed by atoms with E-state index >= 15 is 0 Å². The molecule has 3 amide bonds. The third kappa shape index (κ3) is 3.48. The van der Waals surface area contributed by atoms with Crippen molar-refractivity contribution in [3.8, 4) is 5.75 Å². The molecular weight excluding hydrogens is 336 g/mol. The molecular formula is C19H22N2O5. The van der Waals surface area contributed by atoms with Crippen molar-refractivity contribution in [3.63, 3.8) is 0 Å². The molecule has 0 radical (unpaired) electrons. The van der Waals surface area contributed by atoms with E-state index in [0.29, 0.717) is 23.3 Å². The second-order valence-corrected chi connectivity index (χ2v) is 6.65. The van der Waals surface area contributed by atoms with Gasteiger partial charge in [-0.05, 0) is 31.1 Å². The second-order valence-electron chi connectivity index (χ2n) is 6.65. The first-order chi connectivity index (χ1) is 12.3. The van der Waals surface area contributed by atoms with E-state index in [2.05, 4.69) is 5.32 Å². The first-order valence-electron chi connectivity index (χ1n) is 8.68. The molecule has 0 saturated carbocycles. The number of allylic oxidation sites excluding steroid dienone is 1. The molecule has 2 aliphatic rings.